The SMILES string of the molecule is N#Cc1c(Cl)cc(N)cc1C(=O)CCl. The average molecular weight is 229 g/mol. The van der Waals surface area contributed by atoms with Crippen molar-refractivity contribution in [2.75, 3.05) is 11.6 Å². The lowest BCUT2D eigenvalue weighted by molar-refractivity contribution is 0.102. The molecule has 1 rings (SSSR count). The van der Waals surface area contributed by atoms with E-state index in [-0.39, 0.29) is 27.8 Å². The van der Waals surface area contributed by atoms with Gasteiger partial charge in [0.25, 0.3) is 0 Å². The molecule has 0 bridgehead atoms. The van der Waals surface area contributed by atoms with Crippen LogP contribution in [0.25, 0.3) is 0 Å². The first kappa shape index (κ1) is 10.8. The maximum Gasteiger partial charge on any atom is 0.179 e. The van der Waals surface area contributed by atoms with Crippen molar-refractivity contribution in [1.29, 1.82) is 5.26 Å². The zero-order chi connectivity index (χ0) is 10.7. The summed E-state index contributed by atoms with van der Waals surface area (Å²) in [6, 6.07) is 4.66. The Labute approximate surface area is 91.0 Å². The highest BCUT2D eigenvalue weighted by molar-refractivity contribution is 6.34. The number of hydrogen-bond acceptors (Lipinski definition) is 3. The van der Waals surface area contributed by atoms with Gasteiger partial charge in [0.2, 0.25) is 0 Å². The van der Waals surface area contributed by atoms with Crippen LogP contribution in [0, 0.1) is 11.3 Å². The summed E-state index contributed by atoms with van der Waals surface area (Å²) in [4.78, 5) is 11.3. The summed E-state index contributed by atoms with van der Waals surface area (Å²) in [6.45, 7) is 0. The van der Waals surface area contributed by atoms with E-state index in [2.05, 4.69) is 0 Å². The van der Waals surface area contributed by atoms with Crippen molar-refractivity contribution in [3.8, 4) is 6.07 Å². The number of Topliss-reactive ketones (excluding diaryl/α,β-unsaturated/α-hetero) is 1. The molecule has 0 fully saturated rings. The Morgan fingerprint density at radius 3 is 2.71 bits per heavy atom. The fourth-order valence-electron chi connectivity index (χ4n) is 1.03. The van der Waals surface area contributed by atoms with Crippen LogP contribution >= 0.6 is 23.2 Å². The van der Waals surface area contributed by atoms with Gasteiger partial charge in [-0.25, -0.2) is 0 Å². The Hall–Kier alpha value is -1.24. The molecule has 0 radical (unpaired) electrons. The zero-order valence-corrected chi connectivity index (χ0v) is 8.56. The maximum absolute atomic E-state index is 11.3. The van der Waals surface area contributed by atoms with Crippen LogP contribution in [0.3, 0.4) is 0 Å². The molecule has 0 atom stereocenters. The van der Waals surface area contributed by atoms with Gasteiger partial charge in [-0.15, -0.1) is 11.6 Å². The summed E-state index contributed by atoms with van der Waals surface area (Å²) in [5, 5.41) is 8.93. The van der Waals surface area contributed by atoms with Crippen LogP contribution in [0.4, 0.5) is 5.69 Å². The number of nitriles is 1. The fourth-order valence-corrected chi connectivity index (χ4v) is 1.45. The molecule has 0 aliphatic carbocycles. The first-order valence-electron chi connectivity index (χ1n) is 3.68. The molecule has 1 aromatic rings. The summed E-state index contributed by atoms with van der Waals surface area (Å²) in [7, 11) is 0. The predicted octanol–water partition coefficient (Wildman–Crippen LogP) is 2.22. The van der Waals surface area contributed by atoms with Gasteiger partial charge in [0.15, 0.2) is 5.78 Å². The molecular weight excluding hydrogens is 223 g/mol. The van der Waals surface area contributed by atoms with Gasteiger partial charge in [-0.2, -0.15) is 5.26 Å². The van der Waals surface area contributed by atoms with Gasteiger partial charge >= 0.3 is 0 Å². The molecule has 0 amide bonds. The zero-order valence-electron chi connectivity index (χ0n) is 7.05. The van der Waals surface area contributed by atoms with Gasteiger partial charge in [-0.1, -0.05) is 11.6 Å². The van der Waals surface area contributed by atoms with Crippen molar-refractivity contribution >= 4 is 34.7 Å². The number of alkyl halides is 1. The number of hydrogen-bond donors (Lipinski definition) is 1. The summed E-state index contributed by atoms with van der Waals surface area (Å²) in [5.41, 5.74) is 6.11. The monoisotopic (exact) mass is 228 g/mol. The minimum Gasteiger partial charge on any atom is -0.399 e. The number of rotatable bonds is 2. The summed E-state index contributed by atoms with van der Waals surface area (Å²) in [5.74, 6) is -0.563. The molecule has 5 heteroatoms. The van der Waals surface area contributed by atoms with Crippen molar-refractivity contribution in [3.63, 3.8) is 0 Å². The number of nitrogen functional groups attached to an aromatic ring is 1. The van der Waals surface area contributed by atoms with Crippen LogP contribution in [0.5, 0.6) is 0 Å². The van der Waals surface area contributed by atoms with E-state index < -0.39 is 0 Å². The number of nitrogens with two attached hydrogens (primary N) is 1. The number of carbonyl (C=O) groups excluding carboxylic acids is 1. The third-order valence-electron chi connectivity index (χ3n) is 1.65. The molecule has 0 aromatic heterocycles. The molecule has 0 heterocycles. The molecule has 2 N–H and O–H groups in total. The Balaban J connectivity index is 3.41. The summed E-state index contributed by atoms with van der Waals surface area (Å²) >= 11 is 11.1. The van der Waals surface area contributed by atoms with Crippen molar-refractivity contribution in [1.82, 2.24) is 0 Å². The second-order valence-electron chi connectivity index (χ2n) is 2.59. The normalized spacial score (nSPS) is 9.50. The molecule has 14 heavy (non-hydrogen) atoms. The number of carbonyl (C=O) groups is 1. The van der Waals surface area contributed by atoms with Crippen LogP contribution in [0.1, 0.15) is 15.9 Å². The lowest BCUT2D eigenvalue weighted by Gasteiger charge is -2.04. The molecular formula is C9H6Cl2N2O. The van der Waals surface area contributed by atoms with E-state index in [0.717, 1.165) is 0 Å². The molecule has 0 unspecified atom stereocenters. The third kappa shape index (κ3) is 1.98. The first-order chi connectivity index (χ1) is 6.60. The molecule has 0 saturated carbocycles. The lowest BCUT2D eigenvalue weighted by Crippen LogP contribution is -2.05. The highest BCUT2D eigenvalue weighted by atomic mass is 35.5. The van der Waals surface area contributed by atoms with Gasteiger partial charge in [0.1, 0.15) is 6.07 Å². The van der Waals surface area contributed by atoms with Crippen LogP contribution in [0.2, 0.25) is 5.02 Å². The fraction of sp³-hybridized carbons (Fsp3) is 0.111. The number of ketones is 1. The lowest BCUT2D eigenvalue weighted by atomic mass is 10.0. The topological polar surface area (TPSA) is 66.9 Å². The van der Waals surface area contributed by atoms with Crippen LogP contribution in [-0.2, 0) is 0 Å². The standard InChI is InChI=1S/C9H6Cl2N2O/c10-3-9(14)6-1-5(13)2-8(11)7(6)4-12/h1-2H,3,13H2. The number of benzene rings is 1. The summed E-state index contributed by atoms with van der Waals surface area (Å²) in [6.07, 6.45) is 0. The van der Waals surface area contributed by atoms with E-state index in [1.54, 1.807) is 0 Å². The number of halogens is 2. The van der Waals surface area contributed by atoms with Crippen LogP contribution in [0.15, 0.2) is 12.1 Å². The van der Waals surface area contributed by atoms with E-state index in [9.17, 15) is 4.79 Å². The number of nitrogens with zero attached hydrogens (tertiary/aromatic N) is 1. The quantitative estimate of drug-likeness (QED) is 0.480. The summed E-state index contributed by atoms with van der Waals surface area (Å²) < 4.78 is 0. The van der Waals surface area contributed by atoms with Gasteiger partial charge in [0, 0.05) is 11.3 Å². The van der Waals surface area contributed by atoms with E-state index in [0.29, 0.717) is 5.69 Å². The minimum atomic E-state index is -0.364. The van der Waals surface area contributed by atoms with E-state index in [1.807, 2.05) is 6.07 Å². The van der Waals surface area contributed by atoms with Crippen LogP contribution < -0.4 is 5.73 Å². The molecule has 3 nitrogen and oxygen atoms in total. The van der Waals surface area contributed by atoms with Crippen molar-refractivity contribution in [2.24, 2.45) is 0 Å². The maximum atomic E-state index is 11.3. The Bertz CT molecular complexity index is 424. The number of anilines is 1. The highest BCUT2D eigenvalue weighted by Crippen LogP contribution is 2.23. The van der Waals surface area contributed by atoms with Gasteiger partial charge in [0.05, 0.1) is 16.5 Å². The Morgan fingerprint density at radius 2 is 2.21 bits per heavy atom. The van der Waals surface area contributed by atoms with E-state index in [1.165, 1.54) is 12.1 Å². The van der Waals surface area contributed by atoms with Crippen LogP contribution in [-0.4, -0.2) is 11.7 Å². The minimum absolute atomic E-state index is 0.117. The van der Waals surface area contributed by atoms with Crippen molar-refractivity contribution in [2.45, 2.75) is 0 Å². The smallest absolute Gasteiger partial charge is 0.179 e. The van der Waals surface area contributed by atoms with Gasteiger partial charge in [-0.05, 0) is 12.1 Å². The van der Waals surface area contributed by atoms with Crippen molar-refractivity contribution in [3.05, 3.63) is 28.3 Å². The largest absolute Gasteiger partial charge is 0.399 e. The third-order valence-corrected chi connectivity index (χ3v) is 2.19. The first-order valence-corrected chi connectivity index (χ1v) is 4.59. The van der Waals surface area contributed by atoms with E-state index in [4.69, 9.17) is 34.2 Å². The molecule has 1 aromatic carbocycles. The van der Waals surface area contributed by atoms with E-state index >= 15 is 0 Å². The molecule has 0 aliphatic rings. The second kappa shape index (κ2) is 4.32. The molecule has 0 aliphatic heterocycles. The van der Waals surface area contributed by atoms with Crippen molar-refractivity contribution < 1.29 is 4.79 Å². The highest BCUT2D eigenvalue weighted by Gasteiger charge is 2.14. The molecule has 72 valence electrons. The van der Waals surface area contributed by atoms with Gasteiger partial charge < -0.3 is 5.73 Å². The molecule has 0 spiro atoms. The second-order valence-corrected chi connectivity index (χ2v) is 3.27. The predicted molar refractivity (Wildman–Crippen MR) is 55.6 cm³/mol. The Morgan fingerprint density at radius 1 is 1.57 bits per heavy atom. The Kier molecular flexibility index (Phi) is 3.34. The molecule has 0 saturated heterocycles. The van der Waals surface area contributed by atoms with Gasteiger partial charge in [-0.3, -0.25) is 4.79 Å². The average Bonchev–Trinajstić information content (AvgIpc) is 2.15.